The molecule has 0 unspecified atom stereocenters. The van der Waals surface area contributed by atoms with Crippen molar-refractivity contribution in [1.29, 1.82) is 0 Å². The molecule has 0 aliphatic heterocycles. The molecule has 0 amide bonds. The van der Waals surface area contributed by atoms with Gasteiger partial charge in [-0.1, -0.05) is 71.7 Å². The van der Waals surface area contributed by atoms with Gasteiger partial charge in [-0.3, -0.25) is 9.52 Å². The zero-order chi connectivity index (χ0) is 22.7. The van der Waals surface area contributed by atoms with Crippen molar-refractivity contribution < 1.29 is 8.42 Å². The van der Waals surface area contributed by atoms with Crippen LogP contribution in [0.3, 0.4) is 0 Å². The fourth-order valence-electron chi connectivity index (χ4n) is 3.16. The van der Waals surface area contributed by atoms with Crippen LogP contribution in [-0.2, 0) is 16.4 Å². The molecule has 0 saturated carbocycles. The van der Waals surface area contributed by atoms with Gasteiger partial charge in [-0.2, -0.15) is 9.78 Å². The molecular weight excluding hydrogens is 469 g/mol. The Balaban J connectivity index is 1.60. The lowest BCUT2D eigenvalue weighted by atomic mass is 10.0. The van der Waals surface area contributed by atoms with Crippen molar-refractivity contribution >= 4 is 38.9 Å². The zero-order valence-corrected chi connectivity index (χ0v) is 18.9. The quantitative estimate of drug-likeness (QED) is 0.419. The molecule has 1 aromatic heterocycles. The Labute approximate surface area is 195 Å². The third-order valence-corrected chi connectivity index (χ3v) is 6.90. The molecule has 4 aromatic rings. The molecule has 0 saturated heterocycles. The normalized spacial score (nSPS) is 11.3. The van der Waals surface area contributed by atoms with E-state index in [-0.39, 0.29) is 14.9 Å². The average Bonchev–Trinajstić information content (AvgIpc) is 2.80. The lowest BCUT2D eigenvalue weighted by molar-refractivity contribution is 0.601. The molecule has 4 rings (SSSR count). The molecular formula is C23H17Cl2N3O3S. The van der Waals surface area contributed by atoms with Crippen molar-refractivity contribution in [1.82, 2.24) is 9.78 Å². The molecule has 6 nitrogen and oxygen atoms in total. The second-order valence-electron chi connectivity index (χ2n) is 6.94. The van der Waals surface area contributed by atoms with Crippen molar-refractivity contribution in [2.45, 2.75) is 11.3 Å². The van der Waals surface area contributed by atoms with Crippen LogP contribution in [0.1, 0.15) is 11.1 Å². The lowest BCUT2D eigenvalue weighted by Gasteiger charge is -2.13. The van der Waals surface area contributed by atoms with Gasteiger partial charge in [-0.05, 0) is 47.9 Å². The Morgan fingerprint density at radius 1 is 0.875 bits per heavy atom. The molecule has 0 radical (unpaired) electrons. The van der Waals surface area contributed by atoms with E-state index >= 15 is 0 Å². The number of rotatable bonds is 6. The molecule has 0 atom stereocenters. The highest BCUT2D eigenvalue weighted by Gasteiger charge is 2.17. The highest BCUT2D eigenvalue weighted by molar-refractivity contribution is 7.92. The van der Waals surface area contributed by atoms with Crippen LogP contribution in [0.15, 0.2) is 94.7 Å². The van der Waals surface area contributed by atoms with Gasteiger partial charge in [0.25, 0.3) is 15.6 Å². The second-order valence-corrected chi connectivity index (χ2v) is 9.41. The summed E-state index contributed by atoms with van der Waals surface area (Å²) in [5.41, 5.74) is 2.19. The summed E-state index contributed by atoms with van der Waals surface area (Å²) in [4.78, 5) is 12.3. The summed E-state index contributed by atoms with van der Waals surface area (Å²) in [6.07, 6.45) is 1.84. The molecule has 1 N–H and O–H groups in total. The van der Waals surface area contributed by atoms with Crippen LogP contribution in [0.2, 0.25) is 10.0 Å². The van der Waals surface area contributed by atoms with E-state index in [0.717, 1.165) is 15.8 Å². The molecule has 0 aliphatic carbocycles. The molecule has 0 aliphatic rings. The Bertz CT molecular complexity index is 1420. The van der Waals surface area contributed by atoms with Gasteiger partial charge >= 0.3 is 0 Å². The minimum absolute atomic E-state index is 0.0453. The first-order chi connectivity index (χ1) is 15.3. The fourth-order valence-corrected chi connectivity index (χ4v) is 4.51. The first-order valence-electron chi connectivity index (χ1n) is 9.53. The smallest absolute Gasteiger partial charge is 0.279 e. The van der Waals surface area contributed by atoms with Crippen molar-refractivity contribution in [3.8, 4) is 5.69 Å². The molecule has 0 spiro atoms. The van der Waals surface area contributed by atoms with E-state index in [1.165, 1.54) is 30.5 Å². The zero-order valence-electron chi connectivity index (χ0n) is 16.6. The number of para-hydroxylation sites is 1. The van der Waals surface area contributed by atoms with Gasteiger partial charge in [0, 0.05) is 0 Å². The SMILES string of the molecule is O=c1c(Cl)c(Cl)cnn1-c1ccc(S(=O)(=O)Nc2ccccc2Cc2ccccc2)cc1. The van der Waals surface area contributed by atoms with Crippen molar-refractivity contribution in [2.75, 3.05) is 4.72 Å². The predicted octanol–water partition coefficient (Wildman–Crippen LogP) is 4.93. The minimum atomic E-state index is -3.86. The van der Waals surface area contributed by atoms with E-state index in [0.29, 0.717) is 17.8 Å². The summed E-state index contributed by atoms with van der Waals surface area (Å²) in [5, 5.41) is 3.83. The Kier molecular flexibility index (Phi) is 6.32. The van der Waals surface area contributed by atoms with Crippen LogP contribution in [0.25, 0.3) is 5.69 Å². The summed E-state index contributed by atoms with van der Waals surface area (Å²) in [7, 11) is -3.86. The Morgan fingerprint density at radius 2 is 1.53 bits per heavy atom. The van der Waals surface area contributed by atoms with E-state index in [2.05, 4.69) is 9.82 Å². The maximum Gasteiger partial charge on any atom is 0.291 e. The van der Waals surface area contributed by atoms with E-state index in [9.17, 15) is 13.2 Å². The summed E-state index contributed by atoms with van der Waals surface area (Å²) in [6, 6.07) is 22.8. The van der Waals surface area contributed by atoms with E-state index in [4.69, 9.17) is 23.2 Å². The monoisotopic (exact) mass is 485 g/mol. The van der Waals surface area contributed by atoms with Crippen LogP contribution in [0.4, 0.5) is 5.69 Å². The number of aromatic nitrogens is 2. The van der Waals surface area contributed by atoms with Gasteiger partial charge in [0.05, 0.1) is 27.5 Å². The van der Waals surface area contributed by atoms with Crippen LogP contribution in [-0.4, -0.2) is 18.2 Å². The highest BCUT2D eigenvalue weighted by atomic mass is 35.5. The van der Waals surface area contributed by atoms with Gasteiger partial charge in [0.1, 0.15) is 5.02 Å². The average molecular weight is 486 g/mol. The van der Waals surface area contributed by atoms with Gasteiger partial charge in [0.15, 0.2) is 0 Å². The largest absolute Gasteiger partial charge is 0.291 e. The predicted molar refractivity (Wildman–Crippen MR) is 126 cm³/mol. The van der Waals surface area contributed by atoms with Crippen LogP contribution < -0.4 is 10.3 Å². The summed E-state index contributed by atoms with van der Waals surface area (Å²) >= 11 is 11.7. The maximum absolute atomic E-state index is 13.0. The maximum atomic E-state index is 13.0. The number of anilines is 1. The van der Waals surface area contributed by atoms with Crippen molar-refractivity contribution in [3.63, 3.8) is 0 Å². The molecule has 0 fully saturated rings. The van der Waals surface area contributed by atoms with E-state index < -0.39 is 15.6 Å². The van der Waals surface area contributed by atoms with Crippen molar-refractivity contribution in [3.05, 3.63) is 117 Å². The molecule has 162 valence electrons. The molecule has 3 aromatic carbocycles. The number of halogens is 2. The lowest BCUT2D eigenvalue weighted by Crippen LogP contribution is -2.21. The van der Waals surface area contributed by atoms with Crippen molar-refractivity contribution in [2.24, 2.45) is 0 Å². The third kappa shape index (κ3) is 4.70. The number of nitrogens with one attached hydrogen (secondary N) is 1. The van der Waals surface area contributed by atoms with Crippen LogP contribution in [0.5, 0.6) is 0 Å². The second kappa shape index (κ2) is 9.16. The minimum Gasteiger partial charge on any atom is -0.279 e. The van der Waals surface area contributed by atoms with Gasteiger partial charge in [-0.15, -0.1) is 0 Å². The van der Waals surface area contributed by atoms with E-state index in [1.54, 1.807) is 12.1 Å². The topological polar surface area (TPSA) is 81.1 Å². The number of hydrogen-bond donors (Lipinski definition) is 1. The summed E-state index contributed by atoms with van der Waals surface area (Å²) in [5.74, 6) is 0. The first kappa shape index (κ1) is 22.1. The number of sulfonamides is 1. The standard InChI is InChI=1S/C23H17Cl2N3O3S/c24-20-15-26-28(23(29)22(20)25)18-10-12-19(13-11-18)32(30,31)27-21-9-5-4-8-17(21)14-16-6-2-1-3-7-16/h1-13,15,27H,14H2. The van der Waals surface area contributed by atoms with Crippen LogP contribution >= 0.6 is 23.2 Å². The highest BCUT2D eigenvalue weighted by Crippen LogP contribution is 2.23. The number of hydrogen-bond acceptors (Lipinski definition) is 4. The third-order valence-electron chi connectivity index (χ3n) is 4.77. The Hall–Kier alpha value is -3.13. The van der Waals surface area contributed by atoms with Gasteiger partial charge < -0.3 is 0 Å². The number of nitrogens with zero attached hydrogens (tertiary/aromatic N) is 2. The Morgan fingerprint density at radius 3 is 2.25 bits per heavy atom. The van der Waals surface area contributed by atoms with Crippen LogP contribution in [0, 0.1) is 0 Å². The molecule has 0 bridgehead atoms. The van der Waals surface area contributed by atoms with Gasteiger partial charge in [-0.25, -0.2) is 8.42 Å². The molecule has 1 heterocycles. The van der Waals surface area contributed by atoms with Gasteiger partial charge in [0.2, 0.25) is 0 Å². The first-order valence-corrected chi connectivity index (χ1v) is 11.8. The summed E-state index contributed by atoms with van der Waals surface area (Å²) in [6.45, 7) is 0. The molecule has 9 heteroatoms. The number of benzene rings is 3. The fraction of sp³-hybridized carbons (Fsp3) is 0.0435. The van der Waals surface area contributed by atoms with E-state index in [1.807, 2.05) is 42.5 Å². The summed E-state index contributed by atoms with van der Waals surface area (Å²) < 4.78 is 29.7. The molecule has 32 heavy (non-hydrogen) atoms.